The van der Waals surface area contributed by atoms with Crippen molar-refractivity contribution in [1.82, 2.24) is 9.97 Å². The molecule has 0 atom stereocenters. The lowest BCUT2D eigenvalue weighted by Gasteiger charge is -2.05. The number of rotatable bonds is 4. The fourth-order valence-electron chi connectivity index (χ4n) is 2.23. The number of H-pyrrole nitrogens is 1. The topological polar surface area (TPSA) is 99.0 Å². The van der Waals surface area contributed by atoms with Crippen LogP contribution in [0.5, 0.6) is 0 Å². The summed E-state index contributed by atoms with van der Waals surface area (Å²) in [7, 11) is 0. The van der Waals surface area contributed by atoms with E-state index in [-0.39, 0.29) is 17.0 Å². The number of fused-ring (bicyclic) bond motifs is 1. The summed E-state index contributed by atoms with van der Waals surface area (Å²) in [6.45, 7) is -0.532. The molecule has 3 aromatic rings. The third-order valence-electron chi connectivity index (χ3n) is 3.43. The van der Waals surface area contributed by atoms with Gasteiger partial charge >= 0.3 is 5.97 Å². The van der Waals surface area contributed by atoms with Gasteiger partial charge in [0.25, 0.3) is 0 Å². The number of aromatic amines is 1. The number of aliphatic hydroxyl groups is 1. The van der Waals surface area contributed by atoms with Crippen LogP contribution in [0.3, 0.4) is 0 Å². The monoisotopic (exact) mass is 337 g/mol. The van der Waals surface area contributed by atoms with E-state index in [1.54, 1.807) is 24.3 Å². The second-order valence-corrected chi connectivity index (χ2v) is 5.12. The maximum atomic E-state index is 13.1. The Balaban J connectivity index is 1.80. The number of allylic oxidation sites excluding steroid dienone is 1. The van der Waals surface area contributed by atoms with Crippen LogP contribution in [0, 0.1) is 17.1 Å². The zero-order chi connectivity index (χ0) is 17.8. The number of aliphatic hydroxyl groups excluding tert-OH is 1. The van der Waals surface area contributed by atoms with Gasteiger partial charge in [0.1, 0.15) is 24.1 Å². The molecule has 0 saturated heterocycles. The number of hydrogen-bond acceptors (Lipinski definition) is 5. The second-order valence-electron chi connectivity index (χ2n) is 5.12. The first kappa shape index (κ1) is 16.2. The maximum absolute atomic E-state index is 13.1. The number of carbonyl (C=O) groups is 1. The molecule has 3 rings (SSSR count). The highest BCUT2D eigenvalue weighted by atomic mass is 19.1. The molecule has 0 aliphatic heterocycles. The number of imidazole rings is 1. The van der Waals surface area contributed by atoms with Crippen LogP contribution in [0.4, 0.5) is 4.39 Å². The predicted octanol–water partition coefficient (Wildman–Crippen LogP) is 3.35. The summed E-state index contributed by atoms with van der Waals surface area (Å²) < 4.78 is 18.0. The first-order valence-corrected chi connectivity index (χ1v) is 7.28. The standard InChI is InChI=1S/C18H12FN3O3/c19-12-5-3-4-11(8-12)18(24)25-10-16(23)13(9-20)17-21-14-6-1-2-7-15(14)22-17/h1-8,23H,10H2,(H,21,22). The molecule has 6 nitrogen and oxygen atoms in total. The number of hydrogen-bond donors (Lipinski definition) is 2. The summed E-state index contributed by atoms with van der Waals surface area (Å²) in [5.74, 6) is -1.67. The smallest absolute Gasteiger partial charge is 0.338 e. The summed E-state index contributed by atoms with van der Waals surface area (Å²) in [4.78, 5) is 19.0. The third kappa shape index (κ3) is 3.48. The Morgan fingerprint density at radius 1 is 1.28 bits per heavy atom. The molecule has 7 heteroatoms. The molecule has 1 aromatic heterocycles. The number of para-hydroxylation sites is 2. The number of nitrogens with zero attached hydrogens (tertiary/aromatic N) is 2. The van der Waals surface area contributed by atoms with Crippen molar-refractivity contribution < 1.29 is 19.0 Å². The molecule has 0 radical (unpaired) electrons. The molecule has 0 aliphatic carbocycles. The average molecular weight is 337 g/mol. The molecule has 1 heterocycles. The molecule has 0 unspecified atom stereocenters. The number of benzene rings is 2. The molecule has 0 bridgehead atoms. The van der Waals surface area contributed by atoms with Crippen LogP contribution >= 0.6 is 0 Å². The van der Waals surface area contributed by atoms with Crippen LogP contribution in [0.2, 0.25) is 0 Å². The number of esters is 1. The Hall–Kier alpha value is -3.66. The zero-order valence-corrected chi connectivity index (χ0v) is 12.9. The van der Waals surface area contributed by atoms with Gasteiger partial charge in [-0.1, -0.05) is 18.2 Å². The van der Waals surface area contributed by atoms with E-state index in [2.05, 4.69) is 9.97 Å². The van der Waals surface area contributed by atoms with Crippen LogP contribution in [0.1, 0.15) is 16.2 Å². The van der Waals surface area contributed by atoms with E-state index in [9.17, 15) is 19.6 Å². The van der Waals surface area contributed by atoms with E-state index >= 15 is 0 Å². The summed E-state index contributed by atoms with van der Waals surface area (Å²) >= 11 is 0. The lowest BCUT2D eigenvalue weighted by molar-refractivity contribution is 0.0502. The Kier molecular flexibility index (Phi) is 4.44. The molecule has 0 saturated carbocycles. The van der Waals surface area contributed by atoms with Gasteiger partial charge in [0.05, 0.1) is 16.6 Å². The minimum absolute atomic E-state index is 0.00930. The van der Waals surface area contributed by atoms with Crippen molar-refractivity contribution in [2.75, 3.05) is 6.61 Å². The lowest BCUT2D eigenvalue weighted by Crippen LogP contribution is -2.09. The number of carbonyl (C=O) groups excluding carboxylic acids is 1. The summed E-state index contributed by atoms with van der Waals surface area (Å²) in [5, 5.41) is 19.4. The molecular weight excluding hydrogens is 325 g/mol. The number of nitriles is 1. The lowest BCUT2D eigenvalue weighted by atomic mass is 10.2. The van der Waals surface area contributed by atoms with Crippen LogP contribution in [-0.2, 0) is 4.74 Å². The fraction of sp³-hybridized carbons (Fsp3) is 0.0556. The first-order valence-electron chi connectivity index (χ1n) is 7.28. The van der Waals surface area contributed by atoms with Crippen LogP contribution in [0.15, 0.2) is 54.3 Å². The van der Waals surface area contributed by atoms with Crippen molar-refractivity contribution in [1.29, 1.82) is 5.26 Å². The molecule has 2 aromatic carbocycles. The van der Waals surface area contributed by atoms with Crippen LogP contribution in [-0.4, -0.2) is 27.7 Å². The highest BCUT2D eigenvalue weighted by Gasteiger charge is 2.15. The summed E-state index contributed by atoms with van der Waals surface area (Å²) in [5.41, 5.74) is 1.21. The molecule has 0 spiro atoms. The van der Waals surface area contributed by atoms with E-state index in [1.807, 2.05) is 6.07 Å². The molecular formula is C18H12FN3O3. The molecule has 124 valence electrons. The number of ether oxygens (including phenoxy) is 1. The predicted molar refractivity (Wildman–Crippen MR) is 87.9 cm³/mol. The largest absolute Gasteiger partial charge is 0.507 e. The van der Waals surface area contributed by atoms with Crippen molar-refractivity contribution in [3.63, 3.8) is 0 Å². The molecule has 2 N–H and O–H groups in total. The van der Waals surface area contributed by atoms with Gasteiger partial charge in [0, 0.05) is 0 Å². The van der Waals surface area contributed by atoms with Crippen molar-refractivity contribution in [3.8, 4) is 6.07 Å². The zero-order valence-electron chi connectivity index (χ0n) is 12.9. The SMILES string of the molecule is N#CC(=C(O)COC(=O)c1cccc(F)c1)c1nc2ccccc2[nH]1. The first-order chi connectivity index (χ1) is 12.1. The highest BCUT2D eigenvalue weighted by Crippen LogP contribution is 2.19. The minimum atomic E-state index is -0.812. The van der Waals surface area contributed by atoms with Gasteiger partial charge in [-0.3, -0.25) is 0 Å². The summed E-state index contributed by atoms with van der Waals surface area (Å²) in [6.07, 6.45) is 0. The van der Waals surface area contributed by atoms with E-state index in [4.69, 9.17) is 4.74 Å². The van der Waals surface area contributed by atoms with E-state index in [1.165, 1.54) is 18.2 Å². The van der Waals surface area contributed by atoms with Gasteiger partial charge in [-0.15, -0.1) is 0 Å². The Morgan fingerprint density at radius 2 is 2.08 bits per heavy atom. The van der Waals surface area contributed by atoms with E-state index < -0.39 is 24.2 Å². The average Bonchev–Trinajstić information content (AvgIpc) is 3.03. The van der Waals surface area contributed by atoms with Gasteiger partial charge in [-0.25, -0.2) is 14.2 Å². The summed E-state index contributed by atoms with van der Waals surface area (Å²) in [6, 6.07) is 13.9. The van der Waals surface area contributed by atoms with Crippen LogP contribution < -0.4 is 0 Å². The molecule has 0 aliphatic rings. The second kappa shape index (κ2) is 6.84. The van der Waals surface area contributed by atoms with Crippen molar-refractivity contribution in [2.45, 2.75) is 0 Å². The van der Waals surface area contributed by atoms with Gasteiger partial charge in [-0.2, -0.15) is 5.26 Å². The van der Waals surface area contributed by atoms with Gasteiger partial charge < -0.3 is 14.8 Å². The third-order valence-corrected chi connectivity index (χ3v) is 3.43. The van der Waals surface area contributed by atoms with Gasteiger partial charge in [0.15, 0.2) is 11.6 Å². The number of nitrogens with one attached hydrogen (secondary N) is 1. The minimum Gasteiger partial charge on any atom is -0.507 e. The molecule has 25 heavy (non-hydrogen) atoms. The van der Waals surface area contributed by atoms with E-state index in [0.717, 1.165) is 6.07 Å². The molecule has 0 fully saturated rings. The Labute approximate surface area is 141 Å². The number of aromatic nitrogens is 2. The van der Waals surface area contributed by atoms with E-state index in [0.29, 0.717) is 11.0 Å². The Bertz CT molecular complexity index is 985. The van der Waals surface area contributed by atoms with Crippen molar-refractivity contribution in [3.05, 3.63) is 71.5 Å². The van der Waals surface area contributed by atoms with Crippen molar-refractivity contribution in [2.24, 2.45) is 0 Å². The quantitative estimate of drug-likeness (QED) is 0.432. The fourth-order valence-corrected chi connectivity index (χ4v) is 2.23. The Morgan fingerprint density at radius 3 is 2.80 bits per heavy atom. The van der Waals surface area contributed by atoms with Gasteiger partial charge in [0.2, 0.25) is 0 Å². The molecule has 0 amide bonds. The maximum Gasteiger partial charge on any atom is 0.338 e. The normalized spacial score (nSPS) is 11.7. The van der Waals surface area contributed by atoms with Gasteiger partial charge in [-0.05, 0) is 30.3 Å². The highest BCUT2D eigenvalue weighted by molar-refractivity contribution is 5.89. The van der Waals surface area contributed by atoms with Crippen LogP contribution in [0.25, 0.3) is 16.6 Å². The van der Waals surface area contributed by atoms with Crippen molar-refractivity contribution >= 4 is 22.6 Å². The number of halogens is 1.